The SMILES string of the molecule is COC(=O)c1cc(Nc2ccc(OC)cc2)c(Nc2ccc(OC)cc2)cc1C(=O)OC. The van der Waals surface area contributed by atoms with E-state index in [1.54, 1.807) is 26.4 Å². The molecule has 0 atom stereocenters. The highest BCUT2D eigenvalue weighted by Crippen LogP contribution is 2.33. The van der Waals surface area contributed by atoms with Crippen LogP contribution in [0, 0.1) is 0 Å². The highest BCUT2D eigenvalue weighted by Gasteiger charge is 2.22. The minimum atomic E-state index is -0.654. The molecule has 3 rings (SSSR count). The molecule has 3 aromatic carbocycles. The molecule has 0 aliphatic rings. The summed E-state index contributed by atoms with van der Waals surface area (Å²) in [5, 5.41) is 6.54. The first-order chi connectivity index (χ1) is 15.5. The molecule has 0 aromatic heterocycles. The summed E-state index contributed by atoms with van der Waals surface area (Å²) in [7, 11) is 5.69. The Morgan fingerprint density at radius 2 is 0.938 bits per heavy atom. The van der Waals surface area contributed by atoms with Crippen LogP contribution >= 0.6 is 0 Å². The molecule has 0 fully saturated rings. The molecule has 0 aliphatic heterocycles. The van der Waals surface area contributed by atoms with E-state index in [2.05, 4.69) is 10.6 Å². The van der Waals surface area contributed by atoms with Gasteiger partial charge >= 0.3 is 11.9 Å². The number of nitrogens with one attached hydrogen (secondary N) is 2. The Morgan fingerprint density at radius 3 is 1.22 bits per heavy atom. The summed E-state index contributed by atoms with van der Waals surface area (Å²) in [5.74, 6) is 0.116. The molecule has 0 saturated heterocycles. The van der Waals surface area contributed by atoms with E-state index in [-0.39, 0.29) is 11.1 Å². The molecule has 8 nitrogen and oxygen atoms in total. The third-order valence-corrected chi connectivity index (χ3v) is 4.71. The molecule has 0 amide bonds. The fourth-order valence-corrected chi connectivity index (χ4v) is 3.02. The van der Waals surface area contributed by atoms with Gasteiger partial charge in [0.2, 0.25) is 0 Å². The molecular weight excluding hydrogens is 412 g/mol. The van der Waals surface area contributed by atoms with Crippen molar-refractivity contribution in [2.75, 3.05) is 39.1 Å². The fourth-order valence-electron chi connectivity index (χ4n) is 3.02. The molecule has 0 bridgehead atoms. The maximum Gasteiger partial charge on any atom is 0.338 e. The standard InChI is InChI=1S/C24H24N2O6/c1-29-17-9-5-15(6-10-17)25-21-13-19(23(27)31-3)20(24(28)32-4)14-22(21)26-16-7-11-18(30-2)12-8-16/h5-14,25-26H,1-4H3. The Bertz CT molecular complexity index is 1010. The van der Waals surface area contributed by atoms with Crippen LogP contribution in [0.3, 0.4) is 0 Å². The van der Waals surface area contributed by atoms with Gasteiger partial charge in [0.1, 0.15) is 11.5 Å². The van der Waals surface area contributed by atoms with Crippen molar-refractivity contribution in [3.8, 4) is 11.5 Å². The van der Waals surface area contributed by atoms with Gasteiger partial charge in [0.15, 0.2) is 0 Å². The predicted molar refractivity (Wildman–Crippen MR) is 122 cm³/mol. The van der Waals surface area contributed by atoms with Gasteiger partial charge in [-0.25, -0.2) is 9.59 Å². The van der Waals surface area contributed by atoms with Crippen molar-refractivity contribution in [1.82, 2.24) is 0 Å². The van der Waals surface area contributed by atoms with Crippen LogP contribution in [-0.2, 0) is 9.47 Å². The third kappa shape index (κ3) is 5.10. The van der Waals surface area contributed by atoms with E-state index in [9.17, 15) is 9.59 Å². The zero-order valence-corrected chi connectivity index (χ0v) is 18.2. The molecular formula is C24H24N2O6. The highest BCUT2D eigenvalue weighted by atomic mass is 16.5. The molecule has 0 spiro atoms. The monoisotopic (exact) mass is 436 g/mol. The number of ether oxygens (including phenoxy) is 4. The number of carbonyl (C=O) groups excluding carboxylic acids is 2. The second-order valence-corrected chi connectivity index (χ2v) is 6.63. The zero-order chi connectivity index (χ0) is 23.1. The fraction of sp³-hybridized carbons (Fsp3) is 0.167. The lowest BCUT2D eigenvalue weighted by atomic mass is 10.0. The molecule has 32 heavy (non-hydrogen) atoms. The van der Waals surface area contributed by atoms with Crippen LogP contribution in [0.15, 0.2) is 60.7 Å². The molecule has 0 radical (unpaired) electrons. The van der Waals surface area contributed by atoms with Gasteiger partial charge in [-0.05, 0) is 60.7 Å². The third-order valence-electron chi connectivity index (χ3n) is 4.71. The topological polar surface area (TPSA) is 95.1 Å². The lowest BCUT2D eigenvalue weighted by molar-refractivity contribution is 0.0555. The highest BCUT2D eigenvalue weighted by molar-refractivity contribution is 6.06. The number of rotatable bonds is 8. The maximum atomic E-state index is 12.4. The van der Waals surface area contributed by atoms with E-state index in [1.807, 2.05) is 48.5 Å². The molecule has 0 saturated carbocycles. The second-order valence-electron chi connectivity index (χ2n) is 6.63. The van der Waals surface area contributed by atoms with Gasteiger partial charge in [0, 0.05) is 11.4 Å². The molecule has 0 aliphatic carbocycles. The number of anilines is 4. The van der Waals surface area contributed by atoms with Gasteiger partial charge in [-0.15, -0.1) is 0 Å². The average molecular weight is 436 g/mol. The first-order valence-electron chi connectivity index (χ1n) is 9.66. The first kappa shape index (κ1) is 22.5. The first-order valence-corrected chi connectivity index (χ1v) is 9.66. The molecule has 166 valence electrons. The van der Waals surface area contributed by atoms with Crippen LogP contribution in [-0.4, -0.2) is 40.4 Å². The molecule has 2 N–H and O–H groups in total. The summed E-state index contributed by atoms with van der Waals surface area (Å²) in [6.07, 6.45) is 0. The summed E-state index contributed by atoms with van der Waals surface area (Å²) < 4.78 is 20.1. The number of hydrogen-bond donors (Lipinski definition) is 2. The molecule has 0 unspecified atom stereocenters. The Labute approximate surface area is 186 Å². The van der Waals surface area contributed by atoms with Crippen molar-refractivity contribution in [3.05, 3.63) is 71.8 Å². The molecule has 8 heteroatoms. The van der Waals surface area contributed by atoms with Crippen LogP contribution in [0.1, 0.15) is 20.7 Å². The van der Waals surface area contributed by atoms with Crippen molar-refractivity contribution >= 4 is 34.7 Å². The summed E-state index contributed by atoms with van der Waals surface area (Å²) >= 11 is 0. The number of methoxy groups -OCH3 is 4. The van der Waals surface area contributed by atoms with Crippen molar-refractivity contribution < 1.29 is 28.5 Å². The van der Waals surface area contributed by atoms with Gasteiger partial charge < -0.3 is 29.6 Å². The smallest absolute Gasteiger partial charge is 0.338 e. The Hall–Kier alpha value is -4.20. The zero-order valence-electron chi connectivity index (χ0n) is 18.2. The minimum absolute atomic E-state index is 0.0793. The van der Waals surface area contributed by atoms with Crippen LogP contribution in [0.4, 0.5) is 22.7 Å². The largest absolute Gasteiger partial charge is 0.497 e. The van der Waals surface area contributed by atoms with E-state index in [4.69, 9.17) is 18.9 Å². The summed E-state index contributed by atoms with van der Waals surface area (Å²) in [6, 6.07) is 17.7. The lowest BCUT2D eigenvalue weighted by Crippen LogP contribution is -2.13. The van der Waals surface area contributed by atoms with E-state index < -0.39 is 11.9 Å². The summed E-state index contributed by atoms with van der Waals surface area (Å²) in [5.41, 5.74) is 2.78. The van der Waals surface area contributed by atoms with Gasteiger partial charge in [-0.1, -0.05) is 0 Å². The van der Waals surface area contributed by atoms with Gasteiger partial charge in [-0.2, -0.15) is 0 Å². The number of esters is 2. The second kappa shape index (κ2) is 10.2. The van der Waals surface area contributed by atoms with E-state index in [1.165, 1.54) is 14.2 Å². The van der Waals surface area contributed by atoms with Crippen LogP contribution in [0.5, 0.6) is 11.5 Å². The Morgan fingerprint density at radius 1 is 0.594 bits per heavy atom. The number of hydrogen-bond acceptors (Lipinski definition) is 8. The Kier molecular flexibility index (Phi) is 7.17. The normalized spacial score (nSPS) is 10.1. The maximum absolute atomic E-state index is 12.4. The van der Waals surface area contributed by atoms with Crippen LogP contribution in [0.25, 0.3) is 0 Å². The Balaban J connectivity index is 2.08. The van der Waals surface area contributed by atoms with Crippen LogP contribution in [0.2, 0.25) is 0 Å². The van der Waals surface area contributed by atoms with Crippen molar-refractivity contribution in [1.29, 1.82) is 0 Å². The quantitative estimate of drug-likeness (QED) is 0.488. The van der Waals surface area contributed by atoms with Crippen LogP contribution < -0.4 is 20.1 Å². The molecule has 0 heterocycles. The van der Waals surface area contributed by atoms with Gasteiger partial charge in [-0.3, -0.25) is 0 Å². The summed E-state index contributed by atoms with van der Waals surface area (Å²) in [6.45, 7) is 0. The van der Waals surface area contributed by atoms with Crippen molar-refractivity contribution in [2.45, 2.75) is 0 Å². The van der Waals surface area contributed by atoms with Gasteiger partial charge in [0.25, 0.3) is 0 Å². The molecule has 3 aromatic rings. The van der Waals surface area contributed by atoms with E-state index >= 15 is 0 Å². The van der Waals surface area contributed by atoms with E-state index in [0.29, 0.717) is 22.9 Å². The average Bonchev–Trinajstić information content (AvgIpc) is 2.84. The summed E-state index contributed by atoms with van der Waals surface area (Å²) in [4.78, 5) is 24.7. The number of benzene rings is 3. The van der Waals surface area contributed by atoms with Gasteiger partial charge in [0.05, 0.1) is 50.9 Å². The van der Waals surface area contributed by atoms with Crippen molar-refractivity contribution in [3.63, 3.8) is 0 Å². The van der Waals surface area contributed by atoms with E-state index in [0.717, 1.165) is 11.4 Å². The van der Waals surface area contributed by atoms with Crippen molar-refractivity contribution in [2.24, 2.45) is 0 Å². The predicted octanol–water partition coefficient (Wildman–Crippen LogP) is 4.76. The number of carbonyl (C=O) groups is 2. The minimum Gasteiger partial charge on any atom is -0.497 e. The lowest BCUT2D eigenvalue weighted by Gasteiger charge is -2.18.